The van der Waals surface area contributed by atoms with Crippen LogP contribution in [0.25, 0.3) is 10.9 Å². The van der Waals surface area contributed by atoms with Crippen LogP contribution in [0.15, 0.2) is 79.0 Å². The third-order valence-electron chi connectivity index (χ3n) is 6.61. The summed E-state index contributed by atoms with van der Waals surface area (Å²) < 4.78 is 52.9. The number of aromatic nitrogens is 1. The van der Waals surface area contributed by atoms with Gasteiger partial charge in [0.05, 0.1) is 5.56 Å². The number of hydrogen-bond acceptors (Lipinski definition) is 2. The molecule has 4 aromatic rings. The summed E-state index contributed by atoms with van der Waals surface area (Å²) in [5, 5.41) is 3.66. The molecule has 10 heteroatoms. The summed E-state index contributed by atoms with van der Waals surface area (Å²) in [6.07, 6.45) is -2.09. The zero-order valence-corrected chi connectivity index (χ0v) is 22.8. The number of urea groups is 1. The average Bonchev–Trinajstić information content (AvgIpc) is 3.33. The molecule has 1 aromatic heterocycles. The molecule has 1 heterocycles. The fourth-order valence-corrected chi connectivity index (χ4v) is 4.60. The Hall–Kier alpha value is -4.34. The Balaban J connectivity index is 1.54. The molecule has 0 atom stereocenters. The Morgan fingerprint density at radius 1 is 0.951 bits per heavy atom. The Morgan fingerprint density at radius 3 is 2.37 bits per heavy atom. The lowest BCUT2D eigenvalue weighted by molar-refractivity contribution is -0.137. The van der Waals surface area contributed by atoms with Crippen LogP contribution >= 0.6 is 0 Å². The van der Waals surface area contributed by atoms with Crippen molar-refractivity contribution in [2.24, 2.45) is 5.92 Å². The van der Waals surface area contributed by atoms with Gasteiger partial charge in [-0.3, -0.25) is 4.79 Å². The lowest BCUT2D eigenvalue weighted by Crippen LogP contribution is -2.46. The predicted octanol–water partition coefficient (Wildman–Crippen LogP) is 7.09. The molecule has 2 N–H and O–H groups in total. The van der Waals surface area contributed by atoms with Gasteiger partial charge in [-0.15, -0.1) is 0 Å². The van der Waals surface area contributed by atoms with Gasteiger partial charge in [0.1, 0.15) is 12.4 Å². The van der Waals surface area contributed by atoms with Crippen molar-refractivity contribution < 1.29 is 27.2 Å². The van der Waals surface area contributed by atoms with Crippen LogP contribution in [-0.2, 0) is 23.9 Å². The number of amides is 3. The van der Waals surface area contributed by atoms with Crippen molar-refractivity contribution in [3.63, 3.8) is 0 Å². The van der Waals surface area contributed by atoms with E-state index >= 15 is 0 Å². The molecule has 0 spiro atoms. The van der Waals surface area contributed by atoms with E-state index in [4.69, 9.17) is 0 Å². The summed E-state index contributed by atoms with van der Waals surface area (Å²) >= 11 is 0. The minimum absolute atomic E-state index is 0.0376. The van der Waals surface area contributed by atoms with E-state index in [-0.39, 0.29) is 43.7 Å². The van der Waals surface area contributed by atoms with Gasteiger partial charge in [0.15, 0.2) is 0 Å². The van der Waals surface area contributed by atoms with Crippen LogP contribution in [0.4, 0.5) is 28.0 Å². The number of hydrogen-bond donors (Lipinski definition) is 2. The molecule has 3 amide bonds. The first-order chi connectivity index (χ1) is 19.5. The summed E-state index contributed by atoms with van der Waals surface area (Å²) in [7, 11) is 0. The number of aromatic amines is 1. The van der Waals surface area contributed by atoms with E-state index in [9.17, 15) is 27.2 Å². The van der Waals surface area contributed by atoms with E-state index < -0.39 is 23.6 Å². The second kappa shape index (κ2) is 12.9. The number of benzene rings is 3. The maximum absolute atomic E-state index is 13.7. The van der Waals surface area contributed by atoms with Crippen LogP contribution in [0, 0.1) is 11.7 Å². The highest BCUT2D eigenvalue weighted by Crippen LogP contribution is 2.29. The number of para-hydroxylation sites is 1. The summed E-state index contributed by atoms with van der Waals surface area (Å²) in [5.41, 5.74) is 1.98. The average molecular weight is 569 g/mol. The molecule has 0 radical (unpaired) electrons. The first-order valence-electron chi connectivity index (χ1n) is 13.3. The van der Waals surface area contributed by atoms with Crippen molar-refractivity contribution in [2.45, 2.75) is 33.0 Å². The number of nitrogens with zero attached hydrogens (tertiary/aromatic N) is 2. The highest BCUT2D eigenvalue weighted by atomic mass is 19.4. The number of nitrogens with one attached hydrogen (secondary N) is 2. The fraction of sp³-hybridized carbons (Fsp3) is 0.290. The molecule has 0 aliphatic rings. The minimum atomic E-state index is -4.46. The molecule has 0 aliphatic carbocycles. The van der Waals surface area contributed by atoms with Gasteiger partial charge in [-0.25, -0.2) is 9.18 Å². The summed E-state index contributed by atoms with van der Waals surface area (Å²) in [6, 6.07) is 17.4. The van der Waals surface area contributed by atoms with E-state index in [1.807, 2.05) is 44.3 Å². The van der Waals surface area contributed by atoms with Gasteiger partial charge in [0, 0.05) is 42.4 Å². The van der Waals surface area contributed by atoms with Crippen LogP contribution in [-0.4, -0.2) is 46.4 Å². The molecule has 6 nitrogen and oxygen atoms in total. The van der Waals surface area contributed by atoms with Crippen molar-refractivity contribution in [3.8, 4) is 0 Å². The molecule has 0 fully saturated rings. The predicted molar refractivity (Wildman–Crippen MR) is 151 cm³/mol. The van der Waals surface area contributed by atoms with Crippen LogP contribution < -0.4 is 5.32 Å². The number of anilines is 1. The first kappa shape index (κ1) is 29.6. The Morgan fingerprint density at radius 2 is 1.68 bits per heavy atom. The summed E-state index contributed by atoms with van der Waals surface area (Å²) in [4.78, 5) is 32.9. The molecule has 0 saturated heterocycles. The Labute approximate surface area is 236 Å². The molecule has 0 saturated carbocycles. The van der Waals surface area contributed by atoms with E-state index in [2.05, 4.69) is 10.3 Å². The quantitative estimate of drug-likeness (QED) is 0.201. The maximum Gasteiger partial charge on any atom is 0.416 e. The number of alkyl halides is 3. The van der Waals surface area contributed by atoms with E-state index in [1.165, 1.54) is 35.2 Å². The SMILES string of the molecule is CC(C)CN(CC(=O)N(CCc1c[nH]c2ccccc12)Cc1ccc(C(F)(F)F)cc1)C(=O)Nc1cccc(F)c1. The maximum atomic E-state index is 13.7. The summed E-state index contributed by atoms with van der Waals surface area (Å²) in [5.74, 6) is -0.829. The smallest absolute Gasteiger partial charge is 0.361 e. The molecule has 3 aromatic carbocycles. The van der Waals surface area contributed by atoms with Crippen LogP contribution in [0.5, 0.6) is 0 Å². The van der Waals surface area contributed by atoms with Gasteiger partial charge in [-0.05, 0) is 59.9 Å². The first-order valence-corrected chi connectivity index (χ1v) is 13.3. The number of halogens is 4. The monoisotopic (exact) mass is 568 g/mol. The summed E-state index contributed by atoms with van der Waals surface area (Å²) in [6.45, 7) is 4.17. The molecular weight excluding hydrogens is 536 g/mol. The van der Waals surface area contributed by atoms with Gasteiger partial charge in [0.25, 0.3) is 0 Å². The van der Waals surface area contributed by atoms with Crippen LogP contribution in [0.1, 0.15) is 30.5 Å². The molecule has 0 bridgehead atoms. The lowest BCUT2D eigenvalue weighted by Gasteiger charge is -2.29. The zero-order valence-electron chi connectivity index (χ0n) is 22.8. The number of rotatable bonds is 10. The highest BCUT2D eigenvalue weighted by Gasteiger charge is 2.30. The molecule has 4 rings (SSSR count). The molecule has 41 heavy (non-hydrogen) atoms. The lowest BCUT2D eigenvalue weighted by atomic mass is 10.1. The Bertz CT molecular complexity index is 1480. The standard InChI is InChI=1S/C31H32F4N4O2/c1-21(2)18-39(30(41)37-26-7-5-6-25(32)16-26)20-29(40)38(19-22-10-12-24(13-11-22)31(33,34)35)15-14-23-17-36-28-9-4-3-8-27(23)28/h3-13,16-17,21,36H,14-15,18-20H2,1-2H3,(H,37,41). The third kappa shape index (κ3) is 8.09. The Kier molecular flexibility index (Phi) is 9.31. The normalized spacial score (nSPS) is 11.6. The van der Waals surface area contributed by atoms with Gasteiger partial charge in [-0.2, -0.15) is 13.2 Å². The second-order valence-corrected chi connectivity index (χ2v) is 10.3. The number of carbonyl (C=O) groups excluding carboxylic acids is 2. The van der Waals surface area contributed by atoms with E-state index in [0.717, 1.165) is 28.6 Å². The molecular formula is C31H32F4N4O2. The number of carbonyl (C=O) groups is 2. The van der Waals surface area contributed by atoms with Crippen LogP contribution in [0.3, 0.4) is 0 Å². The van der Waals surface area contributed by atoms with Crippen molar-refractivity contribution in [2.75, 3.05) is 25.0 Å². The van der Waals surface area contributed by atoms with Crippen LogP contribution in [0.2, 0.25) is 0 Å². The minimum Gasteiger partial charge on any atom is -0.361 e. The molecule has 216 valence electrons. The topological polar surface area (TPSA) is 68.4 Å². The molecule has 0 aliphatic heterocycles. The van der Waals surface area contributed by atoms with Crippen molar-refractivity contribution in [1.82, 2.24) is 14.8 Å². The fourth-order valence-electron chi connectivity index (χ4n) is 4.60. The largest absolute Gasteiger partial charge is 0.416 e. The van der Waals surface area contributed by atoms with Crippen molar-refractivity contribution in [1.29, 1.82) is 0 Å². The van der Waals surface area contributed by atoms with Gasteiger partial charge in [0.2, 0.25) is 5.91 Å². The van der Waals surface area contributed by atoms with Gasteiger partial charge < -0.3 is 20.1 Å². The number of fused-ring (bicyclic) bond motifs is 1. The van der Waals surface area contributed by atoms with Gasteiger partial charge in [-0.1, -0.05) is 50.2 Å². The number of H-pyrrole nitrogens is 1. The third-order valence-corrected chi connectivity index (χ3v) is 6.61. The molecule has 0 unspecified atom stereocenters. The zero-order chi connectivity index (χ0) is 29.6. The van der Waals surface area contributed by atoms with Gasteiger partial charge >= 0.3 is 12.2 Å². The van der Waals surface area contributed by atoms with Crippen molar-refractivity contribution in [3.05, 3.63) is 102 Å². The van der Waals surface area contributed by atoms with E-state index in [0.29, 0.717) is 12.0 Å². The second-order valence-electron chi connectivity index (χ2n) is 10.3. The van der Waals surface area contributed by atoms with Crippen molar-refractivity contribution >= 4 is 28.5 Å². The highest BCUT2D eigenvalue weighted by molar-refractivity contribution is 5.92. The van der Waals surface area contributed by atoms with E-state index in [1.54, 1.807) is 11.0 Å².